The predicted molar refractivity (Wildman–Crippen MR) is 97.9 cm³/mol. The van der Waals surface area contributed by atoms with Gasteiger partial charge in [0.1, 0.15) is 0 Å². The van der Waals surface area contributed by atoms with Crippen molar-refractivity contribution in [2.45, 2.75) is 26.3 Å². The van der Waals surface area contributed by atoms with Crippen LogP contribution in [0.5, 0.6) is 11.5 Å². The van der Waals surface area contributed by atoms with Gasteiger partial charge in [0.2, 0.25) is 0 Å². The zero-order valence-corrected chi connectivity index (χ0v) is 15.2. The molecule has 7 nitrogen and oxygen atoms in total. The Hall–Kier alpha value is -3.09. The molecule has 0 aliphatic carbocycles. The minimum Gasteiger partial charge on any atom is -0.493 e. The fourth-order valence-corrected chi connectivity index (χ4v) is 2.73. The molecule has 26 heavy (non-hydrogen) atoms. The molecule has 0 saturated heterocycles. The maximum atomic E-state index is 12.6. The van der Waals surface area contributed by atoms with Crippen LogP contribution in [-0.4, -0.2) is 25.1 Å². The lowest BCUT2D eigenvalue weighted by Gasteiger charge is -2.19. The summed E-state index contributed by atoms with van der Waals surface area (Å²) in [5.74, 6) is 0.914. The Labute approximate surface area is 152 Å². The minimum atomic E-state index is -0.463. The van der Waals surface area contributed by atoms with Gasteiger partial charge in [-0.2, -0.15) is 0 Å². The molecule has 0 spiro atoms. The van der Waals surface area contributed by atoms with E-state index in [0.29, 0.717) is 29.0 Å². The van der Waals surface area contributed by atoms with E-state index in [0.717, 1.165) is 5.56 Å². The number of benzene rings is 2. The summed E-state index contributed by atoms with van der Waals surface area (Å²) >= 11 is 0. The molecule has 1 N–H and O–H groups in total. The normalized spacial score (nSPS) is 11.5. The number of amides is 1. The van der Waals surface area contributed by atoms with Crippen LogP contribution in [0.2, 0.25) is 0 Å². The lowest BCUT2D eigenvalue weighted by Crippen LogP contribution is -2.28. The summed E-state index contributed by atoms with van der Waals surface area (Å²) in [6.07, 6.45) is 0.674. The van der Waals surface area contributed by atoms with Gasteiger partial charge in [0, 0.05) is 17.2 Å². The Balaban J connectivity index is 2.23. The molecule has 2 aromatic rings. The van der Waals surface area contributed by atoms with E-state index in [2.05, 4.69) is 5.32 Å². The maximum absolute atomic E-state index is 12.6. The van der Waals surface area contributed by atoms with Crippen LogP contribution < -0.4 is 14.8 Å². The SMILES string of the molecule is CC[C@@H](NC(=O)c1ccc([N+](=O)[O-])c(C)c1)c1ccc(OC)c(OC)c1. The second-order valence-electron chi connectivity index (χ2n) is 5.81. The zero-order chi connectivity index (χ0) is 19.3. The van der Waals surface area contributed by atoms with Gasteiger partial charge in [0.05, 0.1) is 25.2 Å². The molecule has 0 bridgehead atoms. The van der Waals surface area contributed by atoms with Gasteiger partial charge in [0.15, 0.2) is 11.5 Å². The third-order valence-corrected chi connectivity index (χ3v) is 4.18. The van der Waals surface area contributed by atoms with Crippen LogP contribution in [0.15, 0.2) is 36.4 Å². The number of rotatable bonds is 7. The van der Waals surface area contributed by atoms with Gasteiger partial charge < -0.3 is 14.8 Å². The summed E-state index contributed by atoms with van der Waals surface area (Å²) in [6.45, 7) is 3.57. The fourth-order valence-electron chi connectivity index (χ4n) is 2.73. The molecule has 1 atom stereocenters. The zero-order valence-electron chi connectivity index (χ0n) is 15.2. The van der Waals surface area contributed by atoms with Gasteiger partial charge in [-0.15, -0.1) is 0 Å². The molecule has 0 unspecified atom stereocenters. The molecule has 138 valence electrons. The maximum Gasteiger partial charge on any atom is 0.272 e. The van der Waals surface area contributed by atoms with Crippen LogP contribution in [0.3, 0.4) is 0 Å². The molecule has 0 aromatic heterocycles. The lowest BCUT2D eigenvalue weighted by molar-refractivity contribution is -0.385. The summed E-state index contributed by atoms with van der Waals surface area (Å²) < 4.78 is 10.5. The van der Waals surface area contributed by atoms with Gasteiger partial charge in [-0.3, -0.25) is 14.9 Å². The van der Waals surface area contributed by atoms with Crippen molar-refractivity contribution in [2.75, 3.05) is 14.2 Å². The number of nitro groups is 1. The van der Waals surface area contributed by atoms with Crippen molar-refractivity contribution in [3.63, 3.8) is 0 Å². The number of methoxy groups -OCH3 is 2. The average molecular weight is 358 g/mol. The van der Waals surface area contributed by atoms with Crippen LogP contribution in [0.4, 0.5) is 5.69 Å². The van der Waals surface area contributed by atoms with Crippen molar-refractivity contribution < 1.29 is 19.2 Å². The first-order valence-corrected chi connectivity index (χ1v) is 8.19. The third kappa shape index (κ3) is 4.11. The number of carbonyl (C=O) groups is 1. The predicted octanol–water partition coefficient (Wildman–Crippen LogP) is 3.80. The molecular formula is C19H22N2O5. The van der Waals surface area contributed by atoms with Gasteiger partial charge in [-0.05, 0) is 43.2 Å². The number of hydrogen-bond acceptors (Lipinski definition) is 5. The van der Waals surface area contributed by atoms with Gasteiger partial charge >= 0.3 is 0 Å². The first-order valence-electron chi connectivity index (χ1n) is 8.19. The summed E-state index contributed by atoms with van der Waals surface area (Å²) in [4.78, 5) is 23.0. The number of ether oxygens (including phenoxy) is 2. The number of nitro benzene ring substituents is 1. The summed E-state index contributed by atoms with van der Waals surface area (Å²) in [5.41, 5.74) is 1.71. The van der Waals surface area contributed by atoms with E-state index < -0.39 is 4.92 Å². The number of hydrogen-bond donors (Lipinski definition) is 1. The van der Waals surface area contributed by atoms with Gasteiger partial charge in [-0.1, -0.05) is 13.0 Å². The molecule has 2 aromatic carbocycles. The highest BCUT2D eigenvalue weighted by Crippen LogP contribution is 2.31. The summed E-state index contributed by atoms with van der Waals surface area (Å²) in [5, 5.41) is 13.9. The van der Waals surface area contributed by atoms with Crippen molar-refractivity contribution >= 4 is 11.6 Å². The van der Waals surface area contributed by atoms with Crippen molar-refractivity contribution in [3.8, 4) is 11.5 Å². The van der Waals surface area contributed by atoms with Gasteiger partial charge in [-0.25, -0.2) is 0 Å². The van der Waals surface area contributed by atoms with Crippen molar-refractivity contribution in [1.29, 1.82) is 0 Å². The van der Waals surface area contributed by atoms with Crippen molar-refractivity contribution in [1.82, 2.24) is 5.32 Å². The quantitative estimate of drug-likeness (QED) is 0.600. The van der Waals surface area contributed by atoms with Crippen LogP contribution in [0, 0.1) is 17.0 Å². The highest BCUT2D eigenvalue weighted by Gasteiger charge is 2.18. The molecule has 2 rings (SSSR count). The molecule has 1 amide bonds. The Bertz CT molecular complexity index is 820. The Morgan fingerprint density at radius 1 is 1.15 bits per heavy atom. The first-order chi connectivity index (χ1) is 12.4. The smallest absolute Gasteiger partial charge is 0.272 e. The summed E-state index contributed by atoms with van der Waals surface area (Å²) in [6, 6.07) is 9.60. The van der Waals surface area contributed by atoms with Crippen LogP contribution >= 0.6 is 0 Å². The molecule has 0 heterocycles. The second kappa shape index (κ2) is 8.33. The molecule has 0 aliphatic heterocycles. The van der Waals surface area contributed by atoms with Crippen LogP contribution in [0.1, 0.15) is 40.9 Å². The molecule has 0 radical (unpaired) electrons. The Morgan fingerprint density at radius 2 is 1.85 bits per heavy atom. The van der Waals surface area contributed by atoms with E-state index in [4.69, 9.17) is 9.47 Å². The number of carbonyl (C=O) groups excluding carboxylic acids is 1. The average Bonchev–Trinajstić information content (AvgIpc) is 2.64. The minimum absolute atomic E-state index is 0.00603. The van der Waals surface area contributed by atoms with E-state index >= 15 is 0 Å². The standard InChI is InChI=1S/C19H22N2O5/c1-5-15(13-7-9-17(25-3)18(11-13)26-4)20-19(22)14-6-8-16(21(23)24)12(2)10-14/h6-11,15H,5H2,1-4H3,(H,20,22)/t15-/m1/s1. The highest BCUT2D eigenvalue weighted by molar-refractivity contribution is 5.95. The Morgan fingerprint density at radius 3 is 2.38 bits per heavy atom. The first kappa shape index (κ1) is 19.2. The third-order valence-electron chi connectivity index (χ3n) is 4.18. The molecule has 0 aliphatic rings. The van der Waals surface area contributed by atoms with Crippen molar-refractivity contribution in [2.24, 2.45) is 0 Å². The fraction of sp³-hybridized carbons (Fsp3) is 0.316. The van der Waals surface area contributed by atoms with Crippen molar-refractivity contribution in [3.05, 3.63) is 63.2 Å². The van der Waals surface area contributed by atoms with E-state index in [1.807, 2.05) is 19.1 Å². The second-order valence-corrected chi connectivity index (χ2v) is 5.81. The largest absolute Gasteiger partial charge is 0.493 e. The van der Waals surface area contributed by atoms with Crippen LogP contribution in [0.25, 0.3) is 0 Å². The monoisotopic (exact) mass is 358 g/mol. The topological polar surface area (TPSA) is 90.7 Å². The number of nitrogens with zero attached hydrogens (tertiary/aromatic N) is 1. The van der Waals surface area contributed by atoms with Crippen LogP contribution in [-0.2, 0) is 0 Å². The molecular weight excluding hydrogens is 336 g/mol. The molecule has 7 heteroatoms. The van der Waals surface area contributed by atoms with Gasteiger partial charge in [0.25, 0.3) is 11.6 Å². The van der Waals surface area contributed by atoms with E-state index in [-0.39, 0.29) is 17.6 Å². The Kier molecular flexibility index (Phi) is 6.16. The molecule has 0 fully saturated rings. The van der Waals surface area contributed by atoms with E-state index in [1.54, 1.807) is 27.2 Å². The summed E-state index contributed by atoms with van der Waals surface area (Å²) in [7, 11) is 3.12. The van der Waals surface area contributed by atoms with E-state index in [1.165, 1.54) is 18.2 Å². The number of aryl methyl sites for hydroxylation is 1. The lowest BCUT2D eigenvalue weighted by atomic mass is 10.0. The van der Waals surface area contributed by atoms with E-state index in [9.17, 15) is 14.9 Å². The number of nitrogens with one attached hydrogen (secondary N) is 1. The molecule has 0 saturated carbocycles. The highest BCUT2D eigenvalue weighted by atomic mass is 16.6.